The Kier molecular flexibility index (Phi) is 5.02. The summed E-state index contributed by atoms with van der Waals surface area (Å²) in [6.45, 7) is 2.87. The van der Waals surface area contributed by atoms with E-state index < -0.39 is 9.84 Å². The number of aliphatic hydroxyl groups is 1. The highest BCUT2D eigenvalue weighted by Crippen LogP contribution is 2.19. The van der Waals surface area contributed by atoms with Crippen LogP contribution in [-0.4, -0.2) is 56.7 Å². The standard InChI is InChI=1S/C10H21NO3S/c1-15(13,14)9-7-11-5-2-10(3-6-11)4-8-12/h10,12H,2-9H2,1H3. The molecule has 0 amide bonds. The molecule has 1 aliphatic rings. The van der Waals surface area contributed by atoms with Crippen molar-refractivity contribution in [3.05, 3.63) is 0 Å². The molecule has 1 saturated heterocycles. The lowest BCUT2D eigenvalue weighted by atomic mass is 9.94. The summed E-state index contributed by atoms with van der Waals surface area (Å²) in [6, 6.07) is 0. The highest BCUT2D eigenvalue weighted by Gasteiger charge is 2.19. The van der Waals surface area contributed by atoms with Crippen LogP contribution in [0.1, 0.15) is 19.3 Å². The number of hydrogen-bond acceptors (Lipinski definition) is 4. The molecule has 0 aromatic heterocycles. The van der Waals surface area contributed by atoms with Crippen LogP contribution in [0.15, 0.2) is 0 Å². The Morgan fingerprint density at radius 1 is 1.33 bits per heavy atom. The maximum Gasteiger partial charge on any atom is 0.148 e. The first-order valence-electron chi connectivity index (χ1n) is 5.52. The van der Waals surface area contributed by atoms with Crippen molar-refractivity contribution in [1.29, 1.82) is 0 Å². The molecule has 90 valence electrons. The van der Waals surface area contributed by atoms with E-state index in [4.69, 9.17) is 5.11 Å². The van der Waals surface area contributed by atoms with E-state index in [-0.39, 0.29) is 12.4 Å². The number of aliphatic hydroxyl groups excluding tert-OH is 1. The largest absolute Gasteiger partial charge is 0.396 e. The second-order valence-corrected chi connectivity index (χ2v) is 6.69. The number of likely N-dealkylation sites (tertiary alicyclic amines) is 1. The molecule has 0 bridgehead atoms. The number of nitrogens with zero attached hydrogens (tertiary/aromatic N) is 1. The van der Waals surface area contributed by atoms with Crippen LogP contribution in [0.3, 0.4) is 0 Å². The highest BCUT2D eigenvalue weighted by atomic mass is 32.2. The third-order valence-electron chi connectivity index (χ3n) is 3.02. The summed E-state index contributed by atoms with van der Waals surface area (Å²) in [7, 11) is -2.83. The van der Waals surface area contributed by atoms with E-state index in [0.29, 0.717) is 12.5 Å². The molecule has 0 aliphatic carbocycles. The van der Waals surface area contributed by atoms with Gasteiger partial charge in [-0.05, 0) is 38.3 Å². The van der Waals surface area contributed by atoms with Gasteiger partial charge in [0, 0.05) is 19.4 Å². The normalized spacial score (nSPS) is 20.7. The topological polar surface area (TPSA) is 57.6 Å². The molecule has 0 saturated carbocycles. The van der Waals surface area contributed by atoms with Crippen LogP contribution in [-0.2, 0) is 9.84 Å². The Bertz CT molecular complexity index is 268. The molecule has 1 rings (SSSR count). The molecule has 1 heterocycles. The molecule has 0 aromatic carbocycles. The zero-order valence-electron chi connectivity index (χ0n) is 9.35. The van der Waals surface area contributed by atoms with Gasteiger partial charge >= 0.3 is 0 Å². The summed E-state index contributed by atoms with van der Waals surface area (Å²) in [4.78, 5) is 2.20. The van der Waals surface area contributed by atoms with Gasteiger partial charge in [-0.15, -0.1) is 0 Å². The first-order valence-corrected chi connectivity index (χ1v) is 7.58. The average molecular weight is 235 g/mol. The smallest absolute Gasteiger partial charge is 0.148 e. The third kappa shape index (κ3) is 5.49. The molecule has 15 heavy (non-hydrogen) atoms. The molecule has 0 atom stereocenters. The van der Waals surface area contributed by atoms with Crippen LogP contribution in [0.5, 0.6) is 0 Å². The molecule has 1 aliphatic heterocycles. The zero-order chi connectivity index (χ0) is 11.3. The molecule has 0 radical (unpaired) electrons. The van der Waals surface area contributed by atoms with Gasteiger partial charge in [-0.3, -0.25) is 0 Å². The monoisotopic (exact) mass is 235 g/mol. The van der Waals surface area contributed by atoms with Gasteiger partial charge < -0.3 is 10.0 Å². The molecular formula is C10H21NO3S. The fourth-order valence-electron chi connectivity index (χ4n) is 1.98. The Hall–Kier alpha value is -0.130. The van der Waals surface area contributed by atoms with Gasteiger partial charge in [0.2, 0.25) is 0 Å². The quantitative estimate of drug-likeness (QED) is 0.735. The number of rotatable bonds is 5. The van der Waals surface area contributed by atoms with Gasteiger partial charge in [0.25, 0.3) is 0 Å². The van der Waals surface area contributed by atoms with Gasteiger partial charge in [0.1, 0.15) is 9.84 Å². The van der Waals surface area contributed by atoms with E-state index in [0.717, 1.165) is 32.4 Å². The predicted molar refractivity (Wildman–Crippen MR) is 60.6 cm³/mol. The first kappa shape index (κ1) is 12.9. The third-order valence-corrected chi connectivity index (χ3v) is 3.95. The van der Waals surface area contributed by atoms with E-state index in [1.807, 2.05) is 0 Å². The number of hydrogen-bond donors (Lipinski definition) is 1. The molecule has 1 N–H and O–H groups in total. The van der Waals surface area contributed by atoms with Crippen LogP contribution in [0.2, 0.25) is 0 Å². The maximum absolute atomic E-state index is 11.0. The van der Waals surface area contributed by atoms with E-state index >= 15 is 0 Å². The number of sulfone groups is 1. The highest BCUT2D eigenvalue weighted by molar-refractivity contribution is 7.90. The fourth-order valence-corrected chi connectivity index (χ4v) is 2.57. The van der Waals surface area contributed by atoms with Crippen molar-refractivity contribution in [3.8, 4) is 0 Å². The summed E-state index contributed by atoms with van der Waals surface area (Å²) < 4.78 is 22.0. The van der Waals surface area contributed by atoms with Crippen molar-refractivity contribution in [2.24, 2.45) is 5.92 Å². The molecular weight excluding hydrogens is 214 g/mol. The lowest BCUT2D eigenvalue weighted by molar-refractivity contribution is 0.164. The second-order valence-electron chi connectivity index (χ2n) is 4.43. The molecule has 0 aromatic rings. The Balaban J connectivity index is 2.20. The summed E-state index contributed by atoms with van der Waals surface area (Å²) in [6.07, 6.45) is 4.35. The molecule has 5 heteroatoms. The Morgan fingerprint density at radius 3 is 2.40 bits per heavy atom. The van der Waals surface area contributed by atoms with Crippen molar-refractivity contribution < 1.29 is 13.5 Å². The molecule has 1 fully saturated rings. The first-order chi connectivity index (χ1) is 7.01. The summed E-state index contributed by atoms with van der Waals surface area (Å²) in [5, 5.41) is 8.80. The predicted octanol–water partition coefficient (Wildman–Crippen LogP) is 0.125. The molecule has 4 nitrogen and oxygen atoms in total. The van der Waals surface area contributed by atoms with E-state index in [1.54, 1.807) is 0 Å². The zero-order valence-corrected chi connectivity index (χ0v) is 10.2. The number of piperidine rings is 1. The van der Waals surface area contributed by atoms with Crippen molar-refractivity contribution in [2.45, 2.75) is 19.3 Å². The van der Waals surface area contributed by atoms with Crippen LogP contribution in [0.4, 0.5) is 0 Å². The van der Waals surface area contributed by atoms with E-state index in [2.05, 4.69) is 4.90 Å². The average Bonchev–Trinajstić information content (AvgIpc) is 2.16. The van der Waals surface area contributed by atoms with Crippen molar-refractivity contribution in [2.75, 3.05) is 38.2 Å². The Labute approximate surface area is 92.2 Å². The van der Waals surface area contributed by atoms with E-state index in [9.17, 15) is 8.42 Å². The van der Waals surface area contributed by atoms with Gasteiger partial charge in [-0.1, -0.05) is 0 Å². The van der Waals surface area contributed by atoms with Gasteiger partial charge in [-0.25, -0.2) is 8.42 Å². The van der Waals surface area contributed by atoms with Crippen molar-refractivity contribution in [3.63, 3.8) is 0 Å². The van der Waals surface area contributed by atoms with Crippen molar-refractivity contribution >= 4 is 9.84 Å². The molecule has 0 spiro atoms. The van der Waals surface area contributed by atoms with Gasteiger partial charge in [-0.2, -0.15) is 0 Å². The lowest BCUT2D eigenvalue weighted by Crippen LogP contribution is -2.36. The van der Waals surface area contributed by atoms with Gasteiger partial charge in [0.05, 0.1) is 5.75 Å². The van der Waals surface area contributed by atoms with Gasteiger partial charge in [0.15, 0.2) is 0 Å². The second kappa shape index (κ2) is 5.82. The van der Waals surface area contributed by atoms with Crippen LogP contribution in [0, 0.1) is 5.92 Å². The molecule has 0 unspecified atom stereocenters. The summed E-state index contributed by atoms with van der Waals surface area (Å²) >= 11 is 0. The summed E-state index contributed by atoms with van der Waals surface area (Å²) in [5.41, 5.74) is 0. The SMILES string of the molecule is CS(=O)(=O)CCN1CCC(CCO)CC1. The fraction of sp³-hybridized carbons (Fsp3) is 1.00. The Morgan fingerprint density at radius 2 is 1.93 bits per heavy atom. The minimum absolute atomic E-state index is 0.262. The van der Waals surface area contributed by atoms with E-state index in [1.165, 1.54) is 6.26 Å². The van der Waals surface area contributed by atoms with Crippen LogP contribution < -0.4 is 0 Å². The van der Waals surface area contributed by atoms with Crippen LogP contribution >= 0.6 is 0 Å². The lowest BCUT2D eigenvalue weighted by Gasteiger charge is -2.31. The minimum atomic E-state index is -2.83. The summed E-state index contributed by atoms with van der Waals surface area (Å²) in [5.74, 6) is 0.891. The minimum Gasteiger partial charge on any atom is -0.396 e. The maximum atomic E-state index is 11.0. The van der Waals surface area contributed by atoms with Crippen molar-refractivity contribution in [1.82, 2.24) is 4.90 Å². The van der Waals surface area contributed by atoms with Crippen LogP contribution in [0.25, 0.3) is 0 Å².